The van der Waals surface area contributed by atoms with Crippen LogP contribution in [0.4, 0.5) is 0 Å². The van der Waals surface area contributed by atoms with Crippen molar-refractivity contribution < 1.29 is 9.53 Å². The van der Waals surface area contributed by atoms with E-state index >= 15 is 0 Å². The molecule has 5 heteroatoms. The Morgan fingerprint density at radius 2 is 1.77 bits per heavy atom. The van der Waals surface area contributed by atoms with Gasteiger partial charge in [-0.05, 0) is 79.3 Å². The topological polar surface area (TPSA) is 66.5 Å². The number of carbonyl (C=O) groups excluding carboxylic acids is 1. The highest BCUT2D eigenvalue weighted by Crippen LogP contribution is 2.29. The fourth-order valence-electron chi connectivity index (χ4n) is 4.06. The molecule has 1 aromatic heterocycles. The average molecular weight is 409 g/mol. The van der Waals surface area contributed by atoms with Crippen LogP contribution in [0.15, 0.2) is 77.9 Å². The maximum Gasteiger partial charge on any atom is 0.271 e. The summed E-state index contributed by atoms with van der Waals surface area (Å²) in [6, 6.07) is 23.0. The molecule has 0 spiro atoms. The number of rotatable bonds is 5. The maximum absolute atomic E-state index is 12.6. The van der Waals surface area contributed by atoms with Gasteiger partial charge < -0.3 is 9.72 Å². The molecule has 2 N–H and O–H groups in total. The third-order valence-electron chi connectivity index (χ3n) is 5.58. The molecule has 5 nitrogen and oxygen atoms in total. The molecule has 1 aliphatic rings. The number of hydrogen-bond donors (Lipinski definition) is 2. The van der Waals surface area contributed by atoms with Gasteiger partial charge in [0.1, 0.15) is 11.5 Å². The molecule has 1 aliphatic carbocycles. The number of aromatic nitrogens is 1. The van der Waals surface area contributed by atoms with E-state index in [4.69, 9.17) is 4.74 Å². The molecule has 0 saturated heterocycles. The van der Waals surface area contributed by atoms with Gasteiger partial charge in [0.25, 0.3) is 5.91 Å². The predicted octanol–water partition coefficient (Wildman–Crippen LogP) is 5.60. The molecule has 0 unspecified atom stereocenters. The van der Waals surface area contributed by atoms with Crippen molar-refractivity contribution >= 4 is 23.0 Å². The zero-order valence-corrected chi connectivity index (χ0v) is 17.1. The summed E-state index contributed by atoms with van der Waals surface area (Å²) >= 11 is 0. The molecule has 3 aromatic carbocycles. The standard InChI is InChI=1S/C26H23N3O2/c30-26(19-13-14-25-23(16-19)22-11-4-5-12-24(22)28-25)29-27-17-18-7-6-10-21(15-18)31-20-8-2-1-3-9-20/h1-3,6-10,13-17,28H,4-5,11-12H2,(H,29,30)/b27-17+. The summed E-state index contributed by atoms with van der Waals surface area (Å²) in [4.78, 5) is 16.1. The zero-order chi connectivity index (χ0) is 21.0. The molecule has 0 atom stereocenters. The molecule has 0 bridgehead atoms. The highest BCUT2D eigenvalue weighted by Gasteiger charge is 2.16. The lowest BCUT2D eigenvalue weighted by Gasteiger charge is -2.10. The van der Waals surface area contributed by atoms with Crippen molar-refractivity contribution in [2.75, 3.05) is 0 Å². The minimum atomic E-state index is -0.222. The van der Waals surface area contributed by atoms with E-state index in [2.05, 4.69) is 15.5 Å². The van der Waals surface area contributed by atoms with Crippen LogP contribution in [-0.4, -0.2) is 17.1 Å². The van der Waals surface area contributed by atoms with Gasteiger partial charge in [0, 0.05) is 22.2 Å². The Balaban J connectivity index is 1.27. The summed E-state index contributed by atoms with van der Waals surface area (Å²) in [5.74, 6) is 1.26. The molecule has 1 heterocycles. The van der Waals surface area contributed by atoms with Crippen molar-refractivity contribution in [3.8, 4) is 11.5 Å². The van der Waals surface area contributed by atoms with E-state index in [1.54, 1.807) is 6.21 Å². The number of nitrogens with one attached hydrogen (secondary N) is 2. The average Bonchev–Trinajstić information content (AvgIpc) is 3.18. The number of hydrazone groups is 1. The first-order valence-electron chi connectivity index (χ1n) is 10.6. The van der Waals surface area contributed by atoms with Gasteiger partial charge >= 0.3 is 0 Å². The Labute approximate surface area is 180 Å². The van der Waals surface area contributed by atoms with Crippen LogP contribution in [0.3, 0.4) is 0 Å². The number of para-hydroxylation sites is 1. The van der Waals surface area contributed by atoms with Crippen LogP contribution >= 0.6 is 0 Å². The van der Waals surface area contributed by atoms with Crippen LogP contribution in [0.5, 0.6) is 11.5 Å². The van der Waals surface area contributed by atoms with Crippen molar-refractivity contribution in [2.24, 2.45) is 5.10 Å². The number of benzene rings is 3. The summed E-state index contributed by atoms with van der Waals surface area (Å²) in [6.45, 7) is 0. The fourth-order valence-corrected chi connectivity index (χ4v) is 4.06. The molecule has 154 valence electrons. The van der Waals surface area contributed by atoms with Gasteiger partial charge in [-0.2, -0.15) is 5.10 Å². The molecule has 5 rings (SSSR count). The summed E-state index contributed by atoms with van der Waals surface area (Å²) in [5.41, 5.74) is 7.85. The smallest absolute Gasteiger partial charge is 0.271 e. The highest BCUT2D eigenvalue weighted by atomic mass is 16.5. The van der Waals surface area contributed by atoms with Crippen molar-refractivity contribution in [2.45, 2.75) is 25.7 Å². The predicted molar refractivity (Wildman–Crippen MR) is 123 cm³/mol. The quantitative estimate of drug-likeness (QED) is 0.333. The van der Waals surface area contributed by atoms with Gasteiger partial charge in [-0.25, -0.2) is 5.43 Å². The van der Waals surface area contributed by atoms with Gasteiger partial charge in [-0.1, -0.05) is 30.3 Å². The number of hydrogen-bond acceptors (Lipinski definition) is 3. The molecular formula is C26H23N3O2. The minimum Gasteiger partial charge on any atom is -0.457 e. The fraction of sp³-hybridized carbons (Fsp3) is 0.154. The van der Waals surface area contributed by atoms with Gasteiger partial charge in [-0.3, -0.25) is 4.79 Å². The van der Waals surface area contributed by atoms with Crippen LogP contribution in [0.2, 0.25) is 0 Å². The second-order valence-electron chi connectivity index (χ2n) is 7.74. The number of carbonyl (C=O) groups is 1. The molecule has 1 amide bonds. The minimum absolute atomic E-state index is 0.222. The molecule has 4 aromatic rings. The van der Waals surface area contributed by atoms with E-state index in [9.17, 15) is 4.79 Å². The lowest BCUT2D eigenvalue weighted by atomic mass is 9.95. The second-order valence-corrected chi connectivity index (χ2v) is 7.74. The summed E-state index contributed by atoms with van der Waals surface area (Å²) in [5, 5.41) is 5.28. The van der Waals surface area contributed by atoms with Gasteiger partial charge in [-0.15, -0.1) is 0 Å². The Kier molecular flexibility index (Phi) is 5.23. The molecule has 0 aliphatic heterocycles. The van der Waals surface area contributed by atoms with Gasteiger partial charge in [0.15, 0.2) is 0 Å². The molecule has 0 fully saturated rings. The zero-order valence-electron chi connectivity index (χ0n) is 17.1. The Hall–Kier alpha value is -3.86. The summed E-state index contributed by atoms with van der Waals surface area (Å²) in [7, 11) is 0. The van der Waals surface area contributed by atoms with E-state index in [-0.39, 0.29) is 5.91 Å². The van der Waals surface area contributed by atoms with Crippen molar-refractivity contribution in [1.29, 1.82) is 0 Å². The first-order valence-corrected chi connectivity index (χ1v) is 10.6. The molecule has 31 heavy (non-hydrogen) atoms. The van der Waals surface area contributed by atoms with Crippen LogP contribution in [0.25, 0.3) is 10.9 Å². The van der Waals surface area contributed by atoms with E-state index in [1.807, 2.05) is 72.8 Å². The molecule has 0 radical (unpaired) electrons. The monoisotopic (exact) mass is 409 g/mol. The number of nitrogens with zero attached hydrogens (tertiary/aromatic N) is 1. The van der Waals surface area contributed by atoms with Crippen molar-refractivity contribution in [3.63, 3.8) is 0 Å². The normalized spacial score (nSPS) is 13.3. The lowest BCUT2D eigenvalue weighted by Crippen LogP contribution is -2.17. The highest BCUT2D eigenvalue weighted by molar-refractivity contribution is 5.99. The Morgan fingerprint density at radius 1 is 0.935 bits per heavy atom. The first-order chi connectivity index (χ1) is 15.3. The number of amides is 1. The van der Waals surface area contributed by atoms with Crippen molar-refractivity contribution in [3.05, 3.63) is 95.2 Å². The van der Waals surface area contributed by atoms with E-state index < -0.39 is 0 Å². The van der Waals surface area contributed by atoms with E-state index in [0.29, 0.717) is 11.3 Å². The van der Waals surface area contributed by atoms with Crippen molar-refractivity contribution in [1.82, 2.24) is 10.4 Å². The lowest BCUT2D eigenvalue weighted by molar-refractivity contribution is 0.0955. The molecular weight excluding hydrogens is 386 g/mol. The number of H-pyrrole nitrogens is 1. The molecule has 0 saturated carbocycles. The maximum atomic E-state index is 12.6. The SMILES string of the molecule is O=C(N/N=C/c1cccc(Oc2ccccc2)c1)c1ccc2[nH]c3c(c2c1)CCCC3. The largest absolute Gasteiger partial charge is 0.457 e. The van der Waals surface area contributed by atoms with Crippen LogP contribution < -0.4 is 10.2 Å². The number of aryl methyl sites for hydroxylation is 2. The van der Waals surface area contributed by atoms with Crippen LogP contribution in [0.1, 0.15) is 40.0 Å². The summed E-state index contributed by atoms with van der Waals surface area (Å²) in [6.07, 6.45) is 6.20. The van der Waals surface area contributed by atoms with Crippen LogP contribution in [0, 0.1) is 0 Å². The third kappa shape index (κ3) is 4.21. The van der Waals surface area contributed by atoms with E-state index in [1.165, 1.54) is 24.1 Å². The number of aromatic amines is 1. The number of ether oxygens (including phenoxy) is 1. The van der Waals surface area contributed by atoms with Gasteiger partial charge in [0.2, 0.25) is 0 Å². The van der Waals surface area contributed by atoms with Gasteiger partial charge in [0.05, 0.1) is 6.21 Å². The number of fused-ring (bicyclic) bond motifs is 3. The second kappa shape index (κ2) is 8.48. The van der Waals surface area contributed by atoms with E-state index in [0.717, 1.165) is 35.1 Å². The first kappa shape index (κ1) is 19.1. The third-order valence-corrected chi connectivity index (χ3v) is 5.58. The summed E-state index contributed by atoms with van der Waals surface area (Å²) < 4.78 is 5.84. The Morgan fingerprint density at radius 3 is 2.68 bits per heavy atom. The Bertz CT molecular complexity index is 1260. The van der Waals surface area contributed by atoms with Crippen LogP contribution in [-0.2, 0) is 12.8 Å².